The molecule has 1 saturated carbocycles. The zero-order valence-electron chi connectivity index (χ0n) is 12.3. The Morgan fingerprint density at radius 2 is 2.00 bits per heavy atom. The van der Waals surface area contributed by atoms with Crippen LogP contribution in [-0.4, -0.2) is 36.7 Å². The highest BCUT2D eigenvalue weighted by Gasteiger charge is 2.28. The van der Waals surface area contributed by atoms with E-state index in [1.54, 1.807) is 0 Å². The van der Waals surface area contributed by atoms with E-state index in [2.05, 4.69) is 24.5 Å². The lowest BCUT2D eigenvalue weighted by molar-refractivity contribution is -0.129. The van der Waals surface area contributed by atoms with Crippen LogP contribution >= 0.6 is 0 Å². The minimum atomic E-state index is 0.0559. The largest absolute Gasteiger partial charge is 0.367 e. The maximum Gasteiger partial charge on any atom is 0.246 e. The maximum atomic E-state index is 11.8. The first-order valence-corrected chi connectivity index (χ1v) is 7.86. The Bertz CT molecular complexity index is 290. The molecule has 0 aromatic carbocycles. The van der Waals surface area contributed by atoms with Gasteiger partial charge in [-0.2, -0.15) is 0 Å². The fourth-order valence-electron chi connectivity index (χ4n) is 3.27. The van der Waals surface area contributed by atoms with E-state index in [-0.39, 0.29) is 18.6 Å². The first-order chi connectivity index (χ1) is 9.19. The molecule has 4 heteroatoms. The van der Waals surface area contributed by atoms with Crippen molar-refractivity contribution in [2.75, 3.05) is 6.61 Å². The molecule has 1 saturated heterocycles. The first-order valence-electron chi connectivity index (χ1n) is 7.86. The average molecular weight is 268 g/mol. The summed E-state index contributed by atoms with van der Waals surface area (Å²) >= 11 is 0. The molecule has 3 unspecified atom stereocenters. The second kappa shape index (κ2) is 7.25. The van der Waals surface area contributed by atoms with E-state index in [0.717, 1.165) is 32.1 Å². The molecular weight excluding hydrogens is 240 g/mol. The molecule has 4 nitrogen and oxygen atoms in total. The summed E-state index contributed by atoms with van der Waals surface area (Å²) in [6.07, 6.45) is 8.18. The summed E-state index contributed by atoms with van der Waals surface area (Å²) in [6.45, 7) is 4.60. The number of ether oxygens (including phenoxy) is 1. The number of amides is 1. The van der Waals surface area contributed by atoms with Crippen LogP contribution in [0.4, 0.5) is 0 Å². The van der Waals surface area contributed by atoms with Crippen molar-refractivity contribution in [3.63, 3.8) is 0 Å². The maximum absolute atomic E-state index is 11.8. The summed E-state index contributed by atoms with van der Waals surface area (Å²) in [7, 11) is 0. The van der Waals surface area contributed by atoms with E-state index in [0.29, 0.717) is 18.1 Å². The minimum absolute atomic E-state index is 0.0559. The van der Waals surface area contributed by atoms with Crippen molar-refractivity contribution in [2.45, 2.75) is 83.0 Å². The van der Waals surface area contributed by atoms with Gasteiger partial charge in [-0.3, -0.25) is 4.79 Å². The zero-order valence-corrected chi connectivity index (χ0v) is 12.3. The predicted molar refractivity (Wildman–Crippen MR) is 76.0 cm³/mol. The Hall–Kier alpha value is -0.610. The third kappa shape index (κ3) is 4.46. The molecule has 0 aromatic rings. The van der Waals surface area contributed by atoms with E-state index in [1.807, 2.05) is 0 Å². The molecule has 2 fully saturated rings. The smallest absolute Gasteiger partial charge is 0.246 e. The lowest BCUT2D eigenvalue weighted by Gasteiger charge is -2.35. The Morgan fingerprint density at radius 3 is 2.68 bits per heavy atom. The van der Waals surface area contributed by atoms with Crippen LogP contribution in [0, 0.1) is 0 Å². The lowest BCUT2D eigenvalue weighted by Crippen LogP contribution is -2.50. The fourth-order valence-corrected chi connectivity index (χ4v) is 3.27. The number of hydrogen-bond donors (Lipinski definition) is 2. The standard InChI is InChI=1S/C15H28N2O2/c1-3-13-14(9-8-11(2)16-13)19-10-15(18)17-12-6-4-5-7-12/h11-14,16H,3-10H2,1-2H3,(H,17,18). The van der Waals surface area contributed by atoms with Crippen LogP contribution in [0.2, 0.25) is 0 Å². The molecule has 1 aliphatic heterocycles. The van der Waals surface area contributed by atoms with Crippen molar-refractivity contribution in [1.29, 1.82) is 0 Å². The Labute approximate surface area is 116 Å². The SMILES string of the molecule is CCC1NC(C)CCC1OCC(=O)NC1CCCC1. The van der Waals surface area contributed by atoms with Crippen molar-refractivity contribution in [1.82, 2.24) is 10.6 Å². The number of piperidine rings is 1. The van der Waals surface area contributed by atoms with Crippen molar-refractivity contribution < 1.29 is 9.53 Å². The summed E-state index contributed by atoms with van der Waals surface area (Å²) in [6, 6.07) is 1.35. The second-order valence-electron chi connectivity index (χ2n) is 6.06. The van der Waals surface area contributed by atoms with E-state index in [9.17, 15) is 4.79 Å². The average Bonchev–Trinajstić information content (AvgIpc) is 2.90. The minimum Gasteiger partial charge on any atom is -0.367 e. The molecule has 0 radical (unpaired) electrons. The Kier molecular flexibility index (Phi) is 5.64. The van der Waals surface area contributed by atoms with Crippen molar-refractivity contribution in [2.24, 2.45) is 0 Å². The molecular formula is C15H28N2O2. The molecule has 0 spiro atoms. The van der Waals surface area contributed by atoms with Crippen LogP contribution < -0.4 is 10.6 Å². The molecule has 2 aliphatic rings. The van der Waals surface area contributed by atoms with E-state index in [4.69, 9.17) is 4.74 Å². The van der Waals surface area contributed by atoms with Gasteiger partial charge in [0, 0.05) is 18.1 Å². The normalized spacial score (nSPS) is 32.4. The Morgan fingerprint density at radius 1 is 1.26 bits per heavy atom. The number of carbonyl (C=O) groups is 1. The van der Waals surface area contributed by atoms with Gasteiger partial charge in [0.1, 0.15) is 6.61 Å². The van der Waals surface area contributed by atoms with E-state index >= 15 is 0 Å². The number of rotatable bonds is 5. The van der Waals surface area contributed by atoms with Gasteiger partial charge in [0.2, 0.25) is 5.91 Å². The Balaban J connectivity index is 1.69. The molecule has 1 amide bonds. The molecule has 19 heavy (non-hydrogen) atoms. The van der Waals surface area contributed by atoms with Crippen LogP contribution in [0.3, 0.4) is 0 Å². The quantitative estimate of drug-likeness (QED) is 0.801. The van der Waals surface area contributed by atoms with Gasteiger partial charge in [-0.25, -0.2) is 0 Å². The van der Waals surface area contributed by atoms with Crippen LogP contribution in [0.25, 0.3) is 0 Å². The summed E-state index contributed by atoms with van der Waals surface area (Å²) < 4.78 is 5.83. The van der Waals surface area contributed by atoms with Crippen LogP contribution in [0.15, 0.2) is 0 Å². The summed E-state index contributed by atoms with van der Waals surface area (Å²) in [5.41, 5.74) is 0. The van der Waals surface area contributed by atoms with E-state index < -0.39 is 0 Å². The fraction of sp³-hybridized carbons (Fsp3) is 0.933. The monoisotopic (exact) mass is 268 g/mol. The summed E-state index contributed by atoms with van der Waals surface area (Å²) in [4.78, 5) is 11.8. The molecule has 110 valence electrons. The highest BCUT2D eigenvalue weighted by atomic mass is 16.5. The lowest BCUT2D eigenvalue weighted by atomic mass is 9.95. The molecule has 2 N–H and O–H groups in total. The van der Waals surface area contributed by atoms with E-state index in [1.165, 1.54) is 12.8 Å². The number of carbonyl (C=O) groups excluding carboxylic acids is 1. The van der Waals surface area contributed by atoms with Crippen molar-refractivity contribution in [3.8, 4) is 0 Å². The van der Waals surface area contributed by atoms with Crippen molar-refractivity contribution in [3.05, 3.63) is 0 Å². The topological polar surface area (TPSA) is 50.4 Å². The molecule has 3 atom stereocenters. The number of nitrogens with one attached hydrogen (secondary N) is 2. The molecule has 2 rings (SSSR count). The third-order valence-corrected chi connectivity index (χ3v) is 4.42. The summed E-state index contributed by atoms with van der Waals surface area (Å²) in [5, 5.41) is 6.63. The van der Waals surface area contributed by atoms with Crippen LogP contribution in [-0.2, 0) is 9.53 Å². The van der Waals surface area contributed by atoms with Gasteiger partial charge >= 0.3 is 0 Å². The van der Waals surface area contributed by atoms with Crippen molar-refractivity contribution >= 4 is 5.91 Å². The first kappa shape index (κ1) is 14.8. The number of hydrogen-bond acceptors (Lipinski definition) is 3. The second-order valence-corrected chi connectivity index (χ2v) is 6.06. The van der Waals surface area contributed by atoms with Gasteiger partial charge in [-0.05, 0) is 39.0 Å². The molecule has 0 aromatic heterocycles. The van der Waals surface area contributed by atoms with Crippen LogP contribution in [0.1, 0.15) is 58.8 Å². The van der Waals surface area contributed by atoms with Gasteiger partial charge < -0.3 is 15.4 Å². The zero-order chi connectivity index (χ0) is 13.7. The highest BCUT2D eigenvalue weighted by Crippen LogP contribution is 2.19. The molecule has 0 bridgehead atoms. The van der Waals surface area contributed by atoms with Crippen LogP contribution in [0.5, 0.6) is 0 Å². The highest BCUT2D eigenvalue weighted by molar-refractivity contribution is 5.77. The molecule has 1 aliphatic carbocycles. The predicted octanol–water partition coefficient (Wildman–Crippen LogP) is 1.98. The van der Waals surface area contributed by atoms with Gasteiger partial charge in [-0.1, -0.05) is 19.8 Å². The third-order valence-electron chi connectivity index (χ3n) is 4.42. The summed E-state index contributed by atoms with van der Waals surface area (Å²) in [5.74, 6) is 0.0559. The van der Waals surface area contributed by atoms with Gasteiger partial charge in [-0.15, -0.1) is 0 Å². The van der Waals surface area contributed by atoms with Gasteiger partial charge in [0.05, 0.1) is 6.10 Å². The van der Waals surface area contributed by atoms with Gasteiger partial charge in [0.25, 0.3) is 0 Å². The molecule has 1 heterocycles. The van der Waals surface area contributed by atoms with Gasteiger partial charge in [0.15, 0.2) is 0 Å².